The summed E-state index contributed by atoms with van der Waals surface area (Å²) in [5.41, 5.74) is 2.49. The van der Waals surface area contributed by atoms with Gasteiger partial charge in [-0.05, 0) is 53.6 Å². The van der Waals surface area contributed by atoms with Gasteiger partial charge in [0.1, 0.15) is 12.4 Å². The molecule has 0 aromatic heterocycles. The summed E-state index contributed by atoms with van der Waals surface area (Å²) >= 11 is 0. The molecule has 0 N–H and O–H groups in total. The number of carbonyl (C=O) groups excluding carboxylic acids is 1. The molecule has 0 bridgehead atoms. The van der Waals surface area contributed by atoms with Crippen LogP contribution in [0.4, 0.5) is 4.39 Å². The molecule has 150 valence electrons. The molecular weight excluding hydrogens is 385 g/mol. The largest absolute Gasteiger partial charge is 0.493 e. The minimum absolute atomic E-state index is 0.205. The topological polar surface area (TPSA) is 57.1 Å². The summed E-state index contributed by atoms with van der Waals surface area (Å²) in [4.78, 5) is 16.5. The van der Waals surface area contributed by atoms with Crippen molar-refractivity contribution in [3.63, 3.8) is 0 Å². The Hall–Kier alpha value is -3.93. The van der Waals surface area contributed by atoms with Crippen molar-refractivity contribution < 1.29 is 23.4 Å². The second kappa shape index (κ2) is 8.61. The van der Waals surface area contributed by atoms with Crippen molar-refractivity contribution in [1.29, 1.82) is 0 Å². The Kier molecular flexibility index (Phi) is 5.57. The van der Waals surface area contributed by atoms with Crippen molar-refractivity contribution in [3.8, 4) is 11.5 Å². The van der Waals surface area contributed by atoms with Gasteiger partial charge in [-0.15, -0.1) is 0 Å². The third kappa shape index (κ3) is 4.38. The van der Waals surface area contributed by atoms with Gasteiger partial charge in [0.25, 0.3) is 0 Å². The van der Waals surface area contributed by atoms with Crippen LogP contribution in [-0.4, -0.2) is 19.0 Å². The summed E-state index contributed by atoms with van der Waals surface area (Å²) in [6, 6.07) is 20.6. The number of hydrogen-bond acceptors (Lipinski definition) is 5. The van der Waals surface area contributed by atoms with Gasteiger partial charge in [0.2, 0.25) is 5.90 Å². The summed E-state index contributed by atoms with van der Waals surface area (Å²) in [6.07, 6.45) is 1.63. The van der Waals surface area contributed by atoms with Crippen molar-refractivity contribution in [3.05, 3.63) is 101 Å². The number of nitrogens with zero attached hydrogens (tertiary/aromatic N) is 1. The Labute approximate surface area is 173 Å². The molecule has 1 aliphatic rings. The second-order valence-electron chi connectivity index (χ2n) is 6.53. The molecule has 0 aliphatic carbocycles. The number of halogens is 1. The minimum Gasteiger partial charge on any atom is -0.493 e. The van der Waals surface area contributed by atoms with Gasteiger partial charge in [-0.25, -0.2) is 14.2 Å². The highest BCUT2D eigenvalue weighted by molar-refractivity contribution is 6.12. The van der Waals surface area contributed by atoms with Crippen LogP contribution in [0, 0.1) is 5.82 Å². The zero-order valence-electron chi connectivity index (χ0n) is 16.2. The fraction of sp³-hybridized carbons (Fsp3) is 0.0833. The van der Waals surface area contributed by atoms with Crippen molar-refractivity contribution in [2.24, 2.45) is 4.99 Å². The molecule has 0 saturated heterocycles. The Morgan fingerprint density at radius 1 is 1.00 bits per heavy atom. The van der Waals surface area contributed by atoms with Gasteiger partial charge < -0.3 is 14.2 Å². The van der Waals surface area contributed by atoms with E-state index in [9.17, 15) is 9.18 Å². The minimum atomic E-state index is -0.510. The van der Waals surface area contributed by atoms with Crippen LogP contribution in [0.2, 0.25) is 0 Å². The highest BCUT2D eigenvalue weighted by Crippen LogP contribution is 2.30. The van der Waals surface area contributed by atoms with E-state index in [1.54, 1.807) is 36.4 Å². The van der Waals surface area contributed by atoms with Gasteiger partial charge in [0.15, 0.2) is 17.2 Å². The molecule has 0 atom stereocenters. The van der Waals surface area contributed by atoms with Crippen molar-refractivity contribution in [2.45, 2.75) is 6.61 Å². The zero-order chi connectivity index (χ0) is 20.9. The number of esters is 1. The first-order valence-corrected chi connectivity index (χ1v) is 9.25. The van der Waals surface area contributed by atoms with Gasteiger partial charge in [-0.3, -0.25) is 0 Å². The average Bonchev–Trinajstić information content (AvgIpc) is 3.14. The molecule has 1 heterocycles. The lowest BCUT2D eigenvalue weighted by Crippen LogP contribution is -2.04. The maximum absolute atomic E-state index is 13.0. The molecule has 1 aliphatic heterocycles. The molecule has 6 heteroatoms. The number of hydrogen-bond donors (Lipinski definition) is 0. The number of aliphatic imine (C=N–C) groups is 1. The second-order valence-corrected chi connectivity index (χ2v) is 6.53. The van der Waals surface area contributed by atoms with Gasteiger partial charge in [-0.2, -0.15) is 0 Å². The first kappa shape index (κ1) is 19.4. The zero-order valence-corrected chi connectivity index (χ0v) is 16.2. The van der Waals surface area contributed by atoms with Crippen LogP contribution in [0.15, 0.2) is 83.5 Å². The van der Waals surface area contributed by atoms with E-state index < -0.39 is 5.97 Å². The molecule has 0 radical (unpaired) electrons. The summed E-state index contributed by atoms with van der Waals surface area (Å²) < 4.78 is 29.5. The number of rotatable bonds is 6. The lowest BCUT2D eigenvalue weighted by atomic mass is 10.1. The Balaban J connectivity index is 1.53. The van der Waals surface area contributed by atoms with Gasteiger partial charge >= 0.3 is 5.97 Å². The van der Waals surface area contributed by atoms with E-state index in [0.717, 1.165) is 11.1 Å². The molecule has 0 saturated carbocycles. The van der Waals surface area contributed by atoms with E-state index in [2.05, 4.69) is 4.99 Å². The molecule has 0 amide bonds. The quantitative estimate of drug-likeness (QED) is 0.440. The standard InChI is InChI=1S/C24H18FNO4/c1-28-22-14-17(9-12-21(22)29-15-16-7-10-19(25)11-8-16)13-20-24(27)30-23(26-20)18-5-3-2-4-6-18/h2-14H,15H2,1H3/b20-13+. The molecule has 3 aromatic carbocycles. The number of carbonyl (C=O) groups is 1. The lowest BCUT2D eigenvalue weighted by Gasteiger charge is -2.11. The SMILES string of the molecule is COc1cc(/C=C2/N=C(c3ccccc3)OC2=O)ccc1OCc1ccc(F)cc1. The van der Waals surface area contributed by atoms with Crippen LogP contribution in [-0.2, 0) is 16.1 Å². The summed E-state index contributed by atoms with van der Waals surface area (Å²) in [6.45, 7) is 0.272. The normalized spacial score (nSPS) is 14.4. The molecule has 4 rings (SSSR count). The first-order chi connectivity index (χ1) is 14.6. The van der Waals surface area contributed by atoms with Crippen LogP contribution in [0.5, 0.6) is 11.5 Å². The number of methoxy groups -OCH3 is 1. The third-order valence-corrected chi connectivity index (χ3v) is 4.44. The number of ether oxygens (including phenoxy) is 3. The van der Waals surface area contributed by atoms with Crippen molar-refractivity contribution in [2.75, 3.05) is 7.11 Å². The fourth-order valence-electron chi connectivity index (χ4n) is 2.91. The van der Waals surface area contributed by atoms with E-state index in [4.69, 9.17) is 14.2 Å². The van der Waals surface area contributed by atoms with Crippen LogP contribution in [0.1, 0.15) is 16.7 Å². The predicted molar refractivity (Wildman–Crippen MR) is 111 cm³/mol. The Morgan fingerprint density at radius 2 is 1.77 bits per heavy atom. The molecule has 5 nitrogen and oxygen atoms in total. The molecular formula is C24H18FNO4. The molecule has 0 unspecified atom stereocenters. The van der Waals surface area contributed by atoms with Crippen LogP contribution < -0.4 is 9.47 Å². The number of cyclic esters (lactones) is 1. The van der Waals surface area contributed by atoms with Crippen LogP contribution >= 0.6 is 0 Å². The maximum Gasteiger partial charge on any atom is 0.363 e. The van der Waals surface area contributed by atoms with E-state index in [0.29, 0.717) is 17.1 Å². The van der Waals surface area contributed by atoms with E-state index >= 15 is 0 Å². The van der Waals surface area contributed by atoms with Gasteiger partial charge in [0, 0.05) is 5.56 Å². The van der Waals surface area contributed by atoms with Crippen LogP contribution in [0.3, 0.4) is 0 Å². The van der Waals surface area contributed by atoms with Crippen molar-refractivity contribution in [1.82, 2.24) is 0 Å². The molecule has 0 fully saturated rings. The van der Waals surface area contributed by atoms with Gasteiger partial charge in [-0.1, -0.05) is 36.4 Å². The summed E-state index contributed by atoms with van der Waals surface area (Å²) in [5.74, 6) is 0.510. The fourth-order valence-corrected chi connectivity index (χ4v) is 2.91. The van der Waals surface area contributed by atoms with Crippen LogP contribution in [0.25, 0.3) is 6.08 Å². The monoisotopic (exact) mass is 403 g/mol. The molecule has 30 heavy (non-hydrogen) atoms. The maximum atomic E-state index is 13.0. The van der Waals surface area contributed by atoms with E-state index in [1.807, 2.05) is 30.3 Å². The smallest absolute Gasteiger partial charge is 0.363 e. The molecule has 3 aromatic rings. The van der Waals surface area contributed by atoms with E-state index in [1.165, 1.54) is 19.2 Å². The highest BCUT2D eigenvalue weighted by Gasteiger charge is 2.24. The number of benzene rings is 3. The van der Waals surface area contributed by atoms with E-state index in [-0.39, 0.29) is 24.0 Å². The molecule has 0 spiro atoms. The van der Waals surface area contributed by atoms with Crippen molar-refractivity contribution >= 4 is 17.9 Å². The summed E-state index contributed by atoms with van der Waals surface area (Å²) in [5, 5.41) is 0. The lowest BCUT2D eigenvalue weighted by molar-refractivity contribution is -0.129. The first-order valence-electron chi connectivity index (χ1n) is 9.25. The highest BCUT2D eigenvalue weighted by atomic mass is 19.1. The average molecular weight is 403 g/mol. The summed E-state index contributed by atoms with van der Waals surface area (Å²) in [7, 11) is 1.53. The Morgan fingerprint density at radius 3 is 2.50 bits per heavy atom. The Bertz CT molecular complexity index is 1120. The third-order valence-electron chi connectivity index (χ3n) is 4.44. The predicted octanol–water partition coefficient (Wildman–Crippen LogP) is 4.76. The van der Waals surface area contributed by atoms with Gasteiger partial charge in [0.05, 0.1) is 7.11 Å².